The third-order valence-electron chi connectivity index (χ3n) is 2.53. The highest BCUT2D eigenvalue weighted by Gasteiger charge is 2.30. The topological polar surface area (TPSA) is 75.8 Å². The molecular weight excluding hydrogens is 184 g/mol. The molecule has 1 heterocycles. The van der Waals surface area contributed by atoms with Crippen molar-refractivity contribution in [2.45, 2.75) is 24.9 Å². The average Bonchev–Trinajstić information content (AvgIpc) is 2.64. The molecule has 1 saturated heterocycles. The van der Waals surface area contributed by atoms with Crippen molar-refractivity contribution in [3.8, 4) is 0 Å². The second kappa shape index (κ2) is 5.29. The lowest BCUT2D eigenvalue weighted by atomic mass is 10.2. The lowest BCUT2D eigenvalue weighted by Gasteiger charge is -2.25. The molecule has 1 aliphatic rings. The molecule has 82 valence electrons. The van der Waals surface area contributed by atoms with Gasteiger partial charge in [-0.3, -0.25) is 4.79 Å². The molecule has 0 spiro atoms. The highest BCUT2D eigenvalue weighted by molar-refractivity contribution is 5.82. The molecule has 1 rings (SSSR count). The molecule has 0 aromatic rings. The van der Waals surface area contributed by atoms with Crippen molar-refractivity contribution in [1.82, 2.24) is 4.90 Å². The Labute approximate surface area is 83.8 Å². The third kappa shape index (κ3) is 2.43. The van der Waals surface area contributed by atoms with Gasteiger partial charge in [-0.2, -0.15) is 0 Å². The van der Waals surface area contributed by atoms with Gasteiger partial charge in [0.2, 0.25) is 5.91 Å². The van der Waals surface area contributed by atoms with E-state index in [2.05, 4.69) is 0 Å². The molecule has 1 amide bonds. The van der Waals surface area contributed by atoms with Crippen LogP contribution < -0.4 is 5.73 Å². The summed E-state index contributed by atoms with van der Waals surface area (Å²) < 4.78 is 4.82. The summed E-state index contributed by atoms with van der Waals surface area (Å²) in [6.07, 6.45) is 1.80. The molecule has 1 fully saturated rings. The summed E-state index contributed by atoms with van der Waals surface area (Å²) >= 11 is 0. The number of methoxy groups -OCH3 is 1. The lowest BCUT2D eigenvalue weighted by Crippen LogP contribution is -2.48. The maximum atomic E-state index is 11.7. The molecule has 0 radical (unpaired) electrons. The number of carbonyl (C=O) groups is 1. The van der Waals surface area contributed by atoms with E-state index in [-0.39, 0.29) is 25.2 Å². The first-order valence-electron chi connectivity index (χ1n) is 4.86. The number of aliphatic hydroxyl groups excluding tert-OH is 1. The van der Waals surface area contributed by atoms with Gasteiger partial charge in [0.15, 0.2) is 0 Å². The molecule has 5 heteroatoms. The summed E-state index contributed by atoms with van der Waals surface area (Å²) in [5, 5.41) is 9.03. The standard InChI is InChI=1S/C9H18N2O3/c1-14-6-8(10)9(13)11-4-2-3-7(11)5-12/h7-8,12H,2-6,10H2,1H3/t7-,8?/m0/s1. The highest BCUT2D eigenvalue weighted by Crippen LogP contribution is 2.17. The molecule has 3 N–H and O–H groups in total. The fourth-order valence-electron chi connectivity index (χ4n) is 1.78. The predicted molar refractivity (Wildman–Crippen MR) is 51.7 cm³/mol. The van der Waals surface area contributed by atoms with E-state index in [0.717, 1.165) is 12.8 Å². The van der Waals surface area contributed by atoms with Crippen molar-refractivity contribution >= 4 is 5.91 Å². The smallest absolute Gasteiger partial charge is 0.242 e. The summed E-state index contributed by atoms with van der Waals surface area (Å²) in [6, 6.07) is -0.655. The van der Waals surface area contributed by atoms with Crippen LogP contribution in [0.25, 0.3) is 0 Å². The van der Waals surface area contributed by atoms with Crippen LogP contribution in [0.4, 0.5) is 0 Å². The number of hydrogen-bond acceptors (Lipinski definition) is 4. The van der Waals surface area contributed by atoms with Gasteiger partial charge in [0, 0.05) is 13.7 Å². The molecule has 0 aliphatic carbocycles. The molecule has 5 nitrogen and oxygen atoms in total. The van der Waals surface area contributed by atoms with E-state index in [1.54, 1.807) is 4.90 Å². The molecular formula is C9H18N2O3. The number of nitrogens with two attached hydrogens (primary N) is 1. The summed E-state index contributed by atoms with van der Waals surface area (Å²) in [4.78, 5) is 13.4. The normalized spacial score (nSPS) is 23.9. The van der Waals surface area contributed by atoms with Crippen molar-refractivity contribution in [1.29, 1.82) is 0 Å². The molecule has 0 aromatic carbocycles. The summed E-state index contributed by atoms with van der Waals surface area (Å²) in [7, 11) is 1.51. The quantitative estimate of drug-likeness (QED) is 0.609. The molecule has 2 atom stereocenters. The fourth-order valence-corrected chi connectivity index (χ4v) is 1.78. The Morgan fingerprint density at radius 1 is 1.79 bits per heavy atom. The van der Waals surface area contributed by atoms with Crippen molar-refractivity contribution in [3.63, 3.8) is 0 Å². The van der Waals surface area contributed by atoms with Gasteiger partial charge in [-0.25, -0.2) is 0 Å². The van der Waals surface area contributed by atoms with Crippen LogP contribution in [0.1, 0.15) is 12.8 Å². The molecule has 0 bridgehead atoms. The number of aliphatic hydroxyl groups is 1. The van der Waals surface area contributed by atoms with Crippen LogP contribution in [-0.4, -0.2) is 54.9 Å². The predicted octanol–water partition coefficient (Wildman–Crippen LogP) is -1.06. The fraction of sp³-hybridized carbons (Fsp3) is 0.889. The van der Waals surface area contributed by atoms with Gasteiger partial charge >= 0.3 is 0 Å². The Hall–Kier alpha value is -0.650. The SMILES string of the molecule is COCC(N)C(=O)N1CCC[C@H]1CO. The van der Waals surface area contributed by atoms with E-state index in [4.69, 9.17) is 15.6 Å². The Morgan fingerprint density at radius 2 is 2.50 bits per heavy atom. The second-order valence-corrected chi connectivity index (χ2v) is 3.57. The number of rotatable bonds is 4. The van der Waals surface area contributed by atoms with Gasteiger partial charge < -0.3 is 20.5 Å². The van der Waals surface area contributed by atoms with E-state index in [0.29, 0.717) is 6.54 Å². The first kappa shape index (κ1) is 11.4. The van der Waals surface area contributed by atoms with Gasteiger partial charge in [0.25, 0.3) is 0 Å². The number of likely N-dealkylation sites (tertiary alicyclic amines) is 1. The maximum Gasteiger partial charge on any atom is 0.242 e. The molecule has 1 unspecified atom stereocenters. The highest BCUT2D eigenvalue weighted by atomic mass is 16.5. The number of nitrogens with zero attached hydrogens (tertiary/aromatic N) is 1. The number of hydrogen-bond donors (Lipinski definition) is 2. The maximum absolute atomic E-state index is 11.7. The number of amides is 1. The van der Waals surface area contributed by atoms with Crippen LogP contribution in [0.15, 0.2) is 0 Å². The first-order valence-corrected chi connectivity index (χ1v) is 4.86. The van der Waals surface area contributed by atoms with E-state index in [1.165, 1.54) is 7.11 Å². The summed E-state index contributed by atoms with van der Waals surface area (Å²) in [5.74, 6) is -0.122. The minimum Gasteiger partial charge on any atom is -0.394 e. The van der Waals surface area contributed by atoms with Crippen LogP contribution in [0.5, 0.6) is 0 Å². The zero-order valence-corrected chi connectivity index (χ0v) is 8.48. The van der Waals surface area contributed by atoms with Crippen LogP contribution in [-0.2, 0) is 9.53 Å². The van der Waals surface area contributed by atoms with E-state index in [1.807, 2.05) is 0 Å². The lowest BCUT2D eigenvalue weighted by molar-refractivity contribution is -0.135. The Balaban J connectivity index is 2.50. The summed E-state index contributed by atoms with van der Waals surface area (Å²) in [6.45, 7) is 0.945. The monoisotopic (exact) mass is 202 g/mol. The van der Waals surface area contributed by atoms with E-state index < -0.39 is 6.04 Å². The Bertz CT molecular complexity index is 198. The van der Waals surface area contributed by atoms with Crippen molar-refractivity contribution in [2.24, 2.45) is 5.73 Å². The molecule has 0 saturated carbocycles. The second-order valence-electron chi connectivity index (χ2n) is 3.57. The molecule has 0 aromatic heterocycles. The zero-order chi connectivity index (χ0) is 10.6. The largest absolute Gasteiger partial charge is 0.394 e. The zero-order valence-electron chi connectivity index (χ0n) is 8.48. The average molecular weight is 202 g/mol. The van der Waals surface area contributed by atoms with Crippen molar-refractivity contribution in [2.75, 3.05) is 26.9 Å². The van der Waals surface area contributed by atoms with Crippen LogP contribution in [0, 0.1) is 0 Å². The van der Waals surface area contributed by atoms with E-state index in [9.17, 15) is 4.79 Å². The summed E-state index contributed by atoms with van der Waals surface area (Å²) in [5.41, 5.74) is 5.63. The Kier molecular flexibility index (Phi) is 4.31. The minimum atomic E-state index is -0.604. The molecule has 1 aliphatic heterocycles. The number of carbonyl (C=O) groups excluding carboxylic acids is 1. The van der Waals surface area contributed by atoms with Crippen molar-refractivity contribution in [3.05, 3.63) is 0 Å². The number of ether oxygens (including phenoxy) is 1. The van der Waals surface area contributed by atoms with Gasteiger partial charge in [0.05, 0.1) is 19.3 Å². The van der Waals surface area contributed by atoms with Gasteiger partial charge in [-0.05, 0) is 12.8 Å². The van der Waals surface area contributed by atoms with E-state index >= 15 is 0 Å². The minimum absolute atomic E-state index is 0.0193. The first-order chi connectivity index (χ1) is 6.70. The third-order valence-corrected chi connectivity index (χ3v) is 2.53. The van der Waals surface area contributed by atoms with Gasteiger partial charge in [0.1, 0.15) is 6.04 Å². The van der Waals surface area contributed by atoms with Gasteiger partial charge in [-0.1, -0.05) is 0 Å². The van der Waals surface area contributed by atoms with Crippen LogP contribution >= 0.6 is 0 Å². The molecule has 14 heavy (non-hydrogen) atoms. The van der Waals surface area contributed by atoms with Crippen LogP contribution in [0.2, 0.25) is 0 Å². The Morgan fingerprint density at radius 3 is 3.07 bits per heavy atom. The van der Waals surface area contributed by atoms with Crippen molar-refractivity contribution < 1.29 is 14.6 Å². The van der Waals surface area contributed by atoms with Crippen LogP contribution in [0.3, 0.4) is 0 Å². The van der Waals surface area contributed by atoms with Gasteiger partial charge in [-0.15, -0.1) is 0 Å².